The lowest BCUT2D eigenvalue weighted by Crippen LogP contribution is -2.06. The minimum atomic E-state index is 0.126. The van der Waals surface area contributed by atoms with Crippen molar-refractivity contribution in [2.24, 2.45) is 0 Å². The van der Waals surface area contributed by atoms with E-state index < -0.39 is 0 Å². The maximum Gasteiger partial charge on any atom is 0.134 e. The van der Waals surface area contributed by atoms with Crippen LogP contribution in [0.2, 0.25) is 0 Å². The number of nitrogens with two attached hydrogens (primary N) is 1. The first kappa shape index (κ1) is 13.7. The van der Waals surface area contributed by atoms with Crippen molar-refractivity contribution < 1.29 is 9.84 Å². The molecule has 0 spiro atoms. The molecule has 0 aliphatic carbocycles. The van der Waals surface area contributed by atoms with Crippen LogP contribution in [-0.2, 0) is 0 Å². The minimum Gasteiger partial charge on any atom is -0.496 e. The van der Waals surface area contributed by atoms with Gasteiger partial charge in [0.15, 0.2) is 0 Å². The summed E-state index contributed by atoms with van der Waals surface area (Å²) in [6.45, 7) is 4.02. The van der Waals surface area contributed by atoms with Gasteiger partial charge in [-0.2, -0.15) is 0 Å². The average Bonchev–Trinajstić information content (AvgIpc) is 2.35. The minimum absolute atomic E-state index is 0.126. The number of benzene rings is 1. The lowest BCUT2D eigenvalue weighted by atomic mass is 10.1. The fourth-order valence-corrected chi connectivity index (χ4v) is 2.20. The Labute approximate surface area is 106 Å². The number of thioether (sulfide) groups is 1. The highest BCUT2D eigenvalue weighted by molar-refractivity contribution is 7.99. The molecule has 0 aromatic heterocycles. The van der Waals surface area contributed by atoms with E-state index in [0.29, 0.717) is 17.2 Å². The SMILES string of the molecule is C=C(NC)c1cc(SCCO)c(OC)cc1N. The normalized spacial score (nSPS) is 10.1. The number of methoxy groups -OCH3 is 1. The third-order valence-corrected chi connectivity index (χ3v) is 3.33. The molecule has 0 saturated carbocycles. The fourth-order valence-electron chi connectivity index (χ4n) is 1.40. The van der Waals surface area contributed by atoms with E-state index in [0.717, 1.165) is 16.2 Å². The molecule has 1 rings (SSSR count). The van der Waals surface area contributed by atoms with Gasteiger partial charge in [0.2, 0.25) is 0 Å². The van der Waals surface area contributed by atoms with Crippen molar-refractivity contribution in [3.63, 3.8) is 0 Å². The molecule has 0 unspecified atom stereocenters. The molecule has 0 fully saturated rings. The molecule has 0 heterocycles. The highest BCUT2D eigenvalue weighted by Gasteiger charge is 2.10. The molecule has 5 heteroatoms. The number of nitrogen functional groups attached to an aromatic ring is 1. The largest absolute Gasteiger partial charge is 0.496 e. The summed E-state index contributed by atoms with van der Waals surface area (Å²) in [6, 6.07) is 3.70. The molecule has 4 nitrogen and oxygen atoms in total. The predicted octanol–water partition coefficient (Wildman–Crippen LogP) is 1.55. The Kier molecular flexibility index (Phi) is 5.18. The molecular formula is C12H18N2O2S. The van der Waals surface area contributed by atoms with E-state index in [2.05, 4.69) is 11.9 Å². The summed E-state index contributed by atoms with van der Waals surface area (Å²) in [5, 5.41) is 11.8. The summed E-state index contributed by atoms with van der Waals surface area (Å²) >= 11 is 1.52. The Bertz CT molecular complexity index is 408. The van der Waals surface area contributed by atoms with Gasteiger partial charge in [0, 0.05) is 35.8 Å². The number of rotatable bonds is 6. The second-order valence-electron chi connectivity index (χ2n) is 3.39. The monoisotopic (exact) mass is 254 g/mol. The van der Waals surface area contributed by atoms with E-state index in [-0.39, 0.29) is 6.61 Å². The van der Waals surface area contributed by atoms with Crippen LogP contribution < -0.4 is 15.8 Å². The van der Waals surface area contributed by atoms with Crippen molar-refractivity contribution >= 4 is 23.1 Å². The Hall–Kier alpha value is -1.33. The maximum absolute atomic E-state index is 8.85. The molecule has 0 atom stereocenters. The Morgan fingerprint density at radius 2 is 2.29 bits per heavy atom. The summed E-state index contributed by atoms with van der Waals surface area (Å²) in [4.78, 5) is 0.946. The van der Waals surface area contributed by atoms with Gasteiger partial charge >= 0.3 is 0 Å². The fraction of sp³-hybridized carbons (Fsp3) is 0.333. The maximum atomic E-state index is 8.85. The van der Waals surface area contributed by atoms with Crippen LogP contribution >= 0.6 is 11.8 Å². The zero-order chi connectivity index (χ0) is 12.8. The average molecular weight is 254 g/mol. The zero-order valence-electron chi connectivity index (χ0n) is 10.1. The van der Waals surface area contributed by atoms with Gasteiger partial charge in [0.1, 0.15) is 5.75 Å². The standard InChI is InChI=1S/C12H18N2O2S/c1-8(14-2)9-6-12(17-5-4-15)11(16-3)7-10(9)13/h6-7,14-15H,1,4-5,13H2,2-3H3. The van der Waals surface area contributed by atoms with Crippen LogP contribution in [0.4, 0.5) is 5.69 Å². The molecule has 1 aromatic rings. The molecule has 4 N–H and O–H groups in total. The summed E-state index contributed by atoms with van der Waals surface area (Å²) in [5.41, 5.74) is 8.17. The Morgan fingerprint density at radius 3 is 2.82 bits per heavy atom. The van der Waals surface area contributed by atoms with Crippen molar-refractivity contribution in [1.29, 1.82) is 0 Å². The lowest BCUT2D eigenvalue weighted by molar-refractivity contribution is 0.322. The molecule has 0 aliphatic heterocycles. The first-order valence-corrected chi connectivity index (χ1v) is 6.20. The Balaban J connectivity index is 3.12. The van der Waals surface area contributed by atoms with Gasteiger partial charge in [-0.05, 0) is 6.07 Å². The Morgan fingerprint density at radius 1 is 1.59 bits per heavy atom. The lowest BCUT2D eigenvalue weighted by Gasteiger charge is -2.14. The van der Waals surface area contributed by atoms with Crippen LogP contribution in [0.15, 0.2) is 23.6 Å². The van der Waals surface area contributed by atoms with Crippen molar-refractivity contribution in [3.8, 4) is 5.75 Å². The molecule has 0 bridgehead atoms. The van der Waals surface area contributed by atoms with Crippen LogP contribution in [0.3, 0.4) is 0 Å². The number of nitrogens with one attached hydrogen (secondary N) is 1. The van der Waals surface area contributed by atoms with Crippen molar-refractivity contribution in [2.45, 2.75) is 4.90 Å². The third kappa shape index (κ3) is 3.31. The van der Waals surface area contributed by atoms with Gasteiger partial charge < -0.3 is 20.9 Å². The molecule has 0 saturated heterocycles. The number of anilines is 1. The highest BCUT2D eigenvalue weighted by atomic mass is 32.2. The van der Waals surface area contributed by atoms with Gasteiger partial charge in [-0.15, -0.1) is 11.8 Å². The number of aliphatic hydroxyl groups is 1. The van der Waals surface area contributed by atoms with Crippen LogP contribution in [0, 0.1) is 0 Å². The third-order valence-electron chi connectivity index (χ3n) is 2.31. The van der Waals surface area contributed by atoms with Gasteiger partial charge in [0.05, 0.1) is 18.6 Å². The first-order valence-electron chi connectivity index (χ1n) is 5.22. The number of aliphatic hydroxyl groups excluding tert-OH is 1. The van der Waals surface area contributed by atoms with Crippen molar-refractivity contribution in [3.05, 3.63) is 24.3 Å². The molecule has 0 amide bonds. The zero-order valence-corrected chi connectivity index (χ0v) is 10.9. The van der Waals surface area contributed by atoms with E-state index in [9.17, 15) is 0 Å². The van der Waals surface area contributed by atoms with Gasteiger partial charge in [-0.25, -0.2) is 0 Å². The predicted molar refractivity (Wildman–Crippen MR) is 73.3 cm³/mol. The van der Waals surface area contributed by atoms with Crippen molar-refractivity contribution in [1.82, 2.24) is 5.32 Å². The highest BCUT2D eigenvalue weighted by Crippen LogP contribution is 2.34. The van der Waals surface area contributed by atoms with Crippen LogP contribution in [0.25, 0.3) is 5.70 Å². The van der Waals surface area contributed by atoms with E-state index in [4.69, 9.17) is 15.6 Å². The van der Waals surface area contributed by atoms with Crippen LogP contribution in [-0.4, -0.2) is 31.6 Å². The van der Waals surface area contributed by atoms with Crippen molar-refractivity contribution in [2.75, 3.05) is 32.3 Å². The van der Waals surface area contributed by atoms with E-state index >= 15 is 0 Å². The molecule has 94 valence electrons. The topological polar surface area (TPSA) is 67.5 Å². The smallest absolute Gasteiger partial charge is 0.134 e. The summed E-state index contributed by atoms with van der Waals surface area (Å²) in [7, 11) is 3.40. The van der Waals surface area contributed by atoms with E-state index in [1.54, 1.807) is 20.2 Å². The molecule has 1 aromatic carbocycles. The number of hydrogen-bond donors (Lipinski definition) is 3. The molecule has 0 aliphatic rings. The molecule has 0 radical (unpaired) electrons. The number of hydrogen-bond acceptors (Lipinski definition) is 5. The number of ether oxygens (including phenoxy) is 1. The summed E-state index contributed by atoms with van der Waals surface area (Å²) in [6.07, 6.45) is 0. The first-order chi connectivity index (χ1) is 8.13. The van der Waals surface area contributed by atoms with Crippen LogP contribution in [0.1, 0.15) is 5.56 Å². The van der Waals surface area contributed by atoms with E-state index in [1.165, 1.54) is 11.8 Å². The van der Waals surface area contributed by atoms with E-state index in [1.807, 2.05) is 6.07 Å². The van der Waals surface area contributed by atoms with Gasteiger partial charge in [0.25, 0.3) is 0 Å². The van der Waals surface area contributed by atoms with Crippen LogP contribution in [0.5, 0.6) is 5.75 Å². The van der Waals surface area contributed by atoms with Gasteiger partial charge in [-0.3, -0.25) is 0 Å². The summed E-state index contributed by atoms with van der Waals surface area (Å²) in [5.74, 6) is 1.33. The van der Waals surface area contributed by atoms with Gasteiger partial charge in [-0.1, -0.05) is 6.58 Å². The summed E-state index contributed by atoms with van der Waals surface area (Å²) < 4.78 is 5.26. The molecular weight excluding hydrogens is 236 g/mol. The second kappa shape index (κ2) is 6.42. The quantitative estimate of drug-likeness (QED) is 0.531. The second-order valence-corrected chi connectivity index (χ2v) is 4.53. The molecule has 17 heavy (non-hydrogen) atoms.